The predicted octanol–water partition coefficient (Wildman–Crippen LogP) is -0.220. The van der Waals surface area contributed by atoms with Crippen molar-refractivity contribution < 1.29 is 857 Å². The molecule has 0 fully saturated rings. The first-order chi connectivity index (χ1) is 0. The van der Waals surface area contributed by atoms with Crippen molar-refractivity contribution in [3.63, 3.8) is 0 Å². The van der Waals surface area contributed by atoms with Gasteiger partial charge in [0.05, 0.1) is 0 Å². The van der Waals surface area contributed by atoms with E-state index in [1.54, 1.807) is 0 Å². The Hall–Kier alpha value is 43.5. The third-order valence-electron chi connectivity index (χ3n) is 0. The van der Waals surface area contributed by atoms with E-state index in [1.807, 2.05) is 0 Å². The summed E-state index contributed by atoms with van der Waals surface area (Å²) >= 11 is 0. The first kappa shape index (κ1) is 1240. The van der Waals surface area contributed by atoms with E-state index in [-0.39, 0.29) is 1480 Å². The minimum absolute atomic E-state index is 0. The molecule has 90 heteroatoms. The molecule has 90 heavy (non-hydrogen) atoms. The van der Waals surface area contributed by atoms with Crippen LogP contribution < -0.4 is 0 Å². The predicted molar refractivity (Wildman–Crippen MR) is 339 cm³/mol. The molecule has 0 spiro atoms. The number of hydrogen-bond donors (Lipinski definition) is 0. The molecular formula is S46Zn44-4. The van der Waals surface area contributed by atoms with Gasteiger partial charge in [-0.05, 0) is 0 Å². The van der Waals surface area contributed by atoms with Gasteiger partial charge in [-0.2, -0.15) is 0 Å². The maximum absolute atomic E-state index is 0. The zero-order chi connectivity index (χ0) is 0. The van der Waals surface area contributed by atoms with Gasteiger partial charge >= 0.3 is 857 Å². The van der Waals surface area contributed by atoms with E-state index in [2.05, 4.69) is 0 Å². The zero-order valence-electron chi connectivity index (χ0n) is 49.9. The normalized spacial score (nSPS) is 0. The molecule has 368 valence electrons. The second kappa shape index (κ2) is 1210. The van der Waals surface area contributed by atoms with Crippen molar-refractivity contribution >= 4 is 621 Å². The third kappa shape index (κ3) is 1180. The summed E-state index contributed by atoms with van der Waals surface area (Å²) in [5.41, 5.74) is 0. The van der Waals surface area contributed by atoms with E-state index in [4.69, 9.17) is 0 Å². The Kier molecular flexibility index (Phi) is 16600. The standard InChI is InChI=1S/46S.44Zn/q46*-2;44*+2. The van der Waals surface area contributed by atoms with Crippen LogP contribution in [0.25, 0.3) is 0 Å². The van der Waals surface area contributed by atoms with Crippen LogP contribution in [0.1, 0.15) is 0 Å². The molecule has 0 rings (SSSR count). The van der Waals surface area contributed by atoms with Gasteiger partial charge in [0.15, 0.2) is 0 Å². The Morgan fingerprint density at radius 1 is 0.0222 bits per heavy atom. The average Bonchev–Trinajstić information content (AvgIpc) is 0. The molecular weight excluding hydrogens is 4350 g/mol. The molecule has 0 saturated carbocycles. The van der Waals surface area contributed by atoms with Gasteiger partial charge in [0.1, 0.15) is 0 Å². The van der Waals surface area contributed by atoms with Gasteiger partial charge in [0.2, 0.25) is 0 Å². The van der Waals surface area contributed by atoms with Crippen LogP contribution >= 0.6 is 0 Å². The van der Waals surface area contributed by atoms with Crippen molar-refractivity contribution in [2.24, 2.45) is 0 Å². The van der Waals surface area contributed by atoms with E-state index in [0.29, 0.717) is 0 Å². The van der Waals surface area contributed by atoms with Crippen LogP contribution in [0.2, 0.25) is 0 Å². The Morgan fingerprint density at radius 3 is 0.0222 bits per heavy atom. The fourth-order valence-electron chi connectivity index (χ4n) is 0. The summed E-state index contributed by atoms with van der Waals surface area (Å²) < 4.78 is 0. The van der Waals surface area contributed by atoms with E-state index < -0.39 is 0 Å². The van der Waals surface area contributed by atoms with Crippen LogP contribution in [0.3, 0.4) is 0 Å². The zero-order valence-corrected chi connectivity index (χ0v) is 218. The number of hydrogen-bond acceptors (Lipinski definition) is 0. The van der Waals surface area contributed by atoms with Gasteiger partial charge < -0.3 is 621 Å². The number of rotatable bonds is 0. The van der Waals surface area contributed by atoms with Gasteiger partial charge in [-0.15, -0.1) is 0 Å². The van der Waals surface area contributed by atoms with Crippen molar-refractivity contribution in [1.29, 1.82) is 0 Å². The minimum atomic E-state index is 0. The molecule has 0 unspecified atom stereocenters. The van der Waals surface area contributed by atoms with Crippen molar-refractivity contribution in [3.05, 3.63) is 0 Å². The molecule has 0 atom stereocenters. The van der Waals surface area contributed by atoms with E-state index in [0.717, 1.165) is 0 Å². The molecule has 0 aliphatic rings. The van der Waals surface area contributed by atoms with Crippen LogP contribution in [0.5, 0.6) is 0 Å². The van der Waals surface area contributed by atoms with Crippen LogP contribution in [-0.2, 0) is 1480 Å². The fraction of sp³-hybridized carbons (Fsp3) is 0. The van der Waals surface area contributed by atoms with E-state index in [1.165, 1.54) is 0 Å². The Morgan fingerprint density at radius 2 is 0.0222 bits per heavy atom. The van der Waals surface area contributed by atoms with Crippen LogP contribution in [0.4, 0.5) is 0 Å². The topological polar surface area (TPSA) is 0 Å². The molecule has 0 saturated heterocycles. The van der Waals surface area contributed by atoms with Gasteiger partial charge in [-0.1, -0.05) is 0 Å². The maximum atomic E-state index is 0. The quantitative estimate of drug-likeness (QED) is 0.295. The summed E-state index contributed by atoms with van der Waals surface area (Å²) in [7, 11) is 0. The Balaban J connectivity index is 0. The SMILES string of the molecule is [S-2].[S-2].[S-2].[S-2].[S-2].[S-2].[S-2].[S-2].[S-2].[S-2].[S-2].[S-2].[S-2].[S-2].[S-2].[S-2].[S-2].[S-2].[S-2].[S-2].[S-2].[S-2].[S-2].[S-2].[S-2].[S-2].[S-2].[S-2].[S-2].[S-2].[S-2].[S-2].[S-2].[S-2].[S-2].[S-2].[S-2].[S-2].[S-2].[S-2].[S-2].[S-2].[S-2].[S-2].[S-2].[S-2].[Zn+2].[Zn+2].[Zn+2].[Zn+2].[Zn+2].[Zn+2].[Zn+2].[Zn+2].[Zn+2].[Zn+2].[Zn+2].[Zn+2].[Zn+2].[Zn+2].[Zn+2].[Zn+2].[Zn+2].[Zn+2].[Zn+2].[Zn+2].[Zn+2].[Zn+2].[Zn+2].[Zn+2].[Zn+2].[Zn+2].[Zn+2].[Zn+2].[Zn+2].[Zn+2].[Zn+2].[Zn+2].[Zn+2].[Zn+2].[Zn+2].[Zn+2].[Zn+2].[Zn+2].[Zn+2].[Zn+2].[Zn+2].[Zn+2].[Zn+2].[Zn+2]. The van der Waals surface area contributed by atoms with Crippen LogP contribution in [0.15, 0.2) is 0 Å². The average molecular weight is 4350 g/mol. The smallest absolute Gasteiger partial charge is 2.00 e. The largest absolute Gasteiger partial charge is 2.00 e. The molecule has 0 amide bonds. The molecule has 0 aliphatic heterocycles. The molecule has 0 N–H and O–H groups in total. The van der Waals surface area contributed by atoms with Gasteiger partial charge in [-0.25, -0.2) is 0 Å². The Bertz CT molecular complexity index is 90.0. The van der Waals surface area contributed by atoms with Crippen molar-refractivity contribution in [3.8, 4) is 0 Å². The summed E-state index contributed by atoms with van der Waals surface area (Å²) in [5, 5.41) is 0. The van der Waals surface area contributed by atoms with Gasteiger partial charge in [-0.3, -0.25) is 0 Å². The molecule has 0 nitrogen and oxygen atoms in total. The second-order valence-corrected chi connectivity index (χ2v) is 0. The maximum Gasteiger partial charge on any atom is 2.00 e. The molecule has 0 heterocycles. The van der Waals surface area contributed by atoms with E-state index in [9.17, 15) is 0 Å². The Labute approximate surface area is 1440 Å². The third-order valence-corrected chi connectivity index (χ3v) is 0. The second-order valence-electron chi connectivity index (χ2n) is 0. The molecule has 0 aliphatic carbocycles. The summed E-state index contributed by atoms with van der Waals surface area (Å²) in [6, 6.07) is 0. The van der Waals surface area contributed by atoms with Gasteiger partial charge in [0, 0.05) is 0 Å². The molecule has 0 aromatic carbocycles. The summed E-state index contributed by atoms with van der Waals surface area (Å²) in [5.74, 6) is 0. The van der Waals surface area contributed by atoms with Crippen molar-refractivity contribution in [2.45, 2.75) is 0 Å². The van der Waals surface area contributed by atoms with Crippen LogP contribution in [-0.4, -0.2) is 0 Å². The first-order valence-corrected chi connectivity index (χ1v) is 0. The van der Waals surface area contributed by atoms with Crippen molar-refractivity contribution in [2.75, 3.05) is 0 Å². The van der Waals surface area contributed by atoms with Crippen molar-refractivity contribution in [1.82, 2.24) is 0 Å². The molecule has 0 aromatic heterocycles. The van der Waals surface area contributed by atoms with Gasteiger partial charge in [0.25, 0.3) is 0 Å². The minimum Gasteiger partial charge on any atom is -2.00 e. The summed E-state index contributed by atoms with van der Waals surface area (Å²) in [6.07, 6.45) is 0. The monoisotopic (exact) mass is 4280 g/mol. The summed E-state index contributed by atoms with van der Waals surface area (Å²) in [4.78, 5) is 0. The van der Waals surface area contributed by atoms with E-state index >= 15 is 0 Å². The fourth-order valence-corrected chi connectivity index (χ4v) is 0. The van der Waals surface area contributed by atoms with Crippen LogP contribution in [0, 0.1) is 0 Å². The molecule has 0 bridgehead atoms. The first-order valence-electron chi connectivity index (χ1n) is 0. The molecule has 0 radical (unpaired) electrons. The summed E-state index contributed by atoms with van der Waals surface area (Å²) in [6.45, 7) is 0. The molecule has 0 aromatic rings.